The van der Waals surface area contributed by atoms with Crippen molar-refractivity contribution in [2.24, 2.45) is 17.1 Å². The van der Waals surface area contributed by atoms with Crippen LogP contribution in [0.5, 0.6) is 0 Å². The highest BCUT2D eigenvalue weighted by atomic mass is 16.3. The minimum atomic E-state index is -0.592. The number of nitrogens with one attached hydrogen (secondary N) is 1. The Morgan fingerprint density at radius 2 is 1.90 bits per heavy atom. The zero-order valence-corrected chi connectivity index (χ0v) is 13.4. The molecule has 0 spiro atoms. The van der Waals surface area contributed by atoms with Gasteiger partial charge in [-0.25, -0.2) is 0 Å². The van der Waals surface area contributed by atoms with Gasteiger partial charge >= 0.3 is 0 Å². The average molecular weight is 289 g/mol. The van der Waals surface area contributed by atoms with E-state index in [1.807, 2.05) is 23.2 Å². The summed E-state index contributed by atoms with van der Waals surface area (Å²) in [7, 11) is 0. The van der Waals surface area contributed by atoms with Crippen LogP contribution in [0.1, 0.15) is 33.3 Å². The summed E-state index contributed by atoms with van der Waals surface area (Å²) in [5.74, 6) is 0.458. The largest absolute Gasteiger partial charge is 0.376 e. The fourth-order valence-electron chi connectivity index (χ4n) is 2.89. The Bertz CT molecular complexity index is 508. The molecule has 0 bridgehead atoms. The Morgan fingerprint density at radius 3 is 2.43 bits per heavy atom. The second-order valence-corrected chi connectivity index (χ2v) is 6.68. The quantitative estimate of drug-likeness (QED) is 0.795. The van der Waals surface area contributed by atoms with Gasteiger partial charge in [0.2, 0.25) is 0 Å². The summed E-state index contributed by atoms with van der Waals surface area (Å²) in [4.78, 5) is 0. The zero-order valence-electron chi connectivity index (χ0n) is 13.4. The van der Waals surface area contributed by atoms with Crippen molar-refractivity contribution in [3.63, 3.8) is 0 Å². The van der Waals surface area contributed by atoms with E-state index in [0.717, 1.165) is 23.4 Å². The van der Waals surface area contributed by atoms with Gasteiger partial charge in [-0.3, -0.25) is 0 Å². The van der Waals surface area contributed by atoms with Gasteiger partial charge in [0.25, 0.3) is 0 Å². The van der Waals surface area contributed by atoms with Crippen LogP contribution in [0, 0.1) is 11.3 Å². The molecule has 1 aromatic rings. The van der Waals surface area contributed by atoms with Crippen molar-refractivity contribution in [1.29, 1.82) is 0 Å². The summed E-state index contributed by atoms with van der Waals surface area (Å²) in [6, 6.07) is 10.2. The molecular formula is C17H27N3O. The van der Waals surface area contributed by atoms with Crippen LogP contribution in [0.2, 0.25) is 0 Å². The zero-order chi connectivity index (χ0) is 15.6. The molecule has 0 saturated heterocycles. The fraction of sp³-hybridized carbons (Fsp3) is 0.529. The van der Waals surface area contributed by atoms with Gasteiger partial charge in [-0.2, -0.15) is 5.01 Å². The first-order valence-electron chi connectivity index (χ1n) is 7.58. The second-order valence-electron chi connectivity index (χ2n) is 6.68. The first-order valence-corrected chi connectivity index (χ1v) is 7.58. The Labute approximate surface area is 127 Å². The molecule has 0 aliphatic carbocycles. The molecule has 4 heteroatoms. The van der Waals surface area contributed by atoms with Crippen LogP contribution in [0.4, 0.5) is 0 Å². The fourth-order valence-corrected chi connectivity index (χ4v) is 2.89. The summed E-state index contributed by atoms with van der Waals surface area (Å²) < 4.78 is 0. The summed E-state index contributed by atoms with van der Waals surface area (Å²) in [5, 5.41) is 12.6. The molecule has 0 saturated carbocycles. The molecule has 1 heterocycles. The van der Waals surface area contributed by atoms with Crippen LogP contribution >= 0.6 is 0 Å². The minimum absolute atomic E-state index is 0.389. The first-order chi connectivity index (χ1) is 9.87. The molecule has 0 radical (unpaired) electrons. The highest BCUT2D eigenvalue weighted by Crippen LogP contribution is 2.39. The van der Waals surface area contributed by atoms with E-state index in [2.05, 4.69) is 45.3 Å². The van der Waals surface area contributed by atoms with Crippen molar-refractivity contribution in [3.8, 4) is 0 Å². The predicted molar refractivity (Wildman–Crippen MR) is 86.9 cm³/mol. The average Bonchev–Trinajstić information content (AvgIpc) is 2.44. The lowest BCUT2D eigenvalue weighted by Gasteiger charge is -2.47. The Morgan fingerprint density at radius 1 is 1.29 bits per heavy atom. The first kappa shape index (κ1) is 16.0. The minimum Gasteiger partial charge on any atom is -0.376 e. The molecule has 1 aliphatic rings. The molecule has 116 valence electrons. The molecule has 0 amide bonds. The second kappa shape index (κ2) is 6.18. The SMILES string of the molecule is CC(C)CN1NC(c2ccccc2)=C(CN)C(C)(C)C1O. The van der Waals surface area contributed by atoms with Crippen LogP contribution < -0.4 is 11.2 Å². The lowest BCUT2D eigenvalue weighted by atomic mass is 9.78. The summed E-state index contributed by atoms with van der Waals surface area (Å²) >= 11 is 0. The number of nitrogens with zero attached hydrogens (tertiary/aromatic N) is 1. The third-order valence-corrected chi connectivity index (χ3v) is 4.10. The molecule has 4 nitrogen and oxygen atoms in total. The number of hydrogen-bond donors (Lipinski definition) is 3. The van der Waals surface area contributed by atoms with E-state index in [1.54, 1.807) is 0 Å². The Hall–Kier alpha value is -1.36. The molecule has 0 aromatic heterocycles. The van der Waals surface area contributed by atoms with E-state index in [-0.39, 0.29) is 5.41 Å². The predicted octanol–water partition coefficient (Wildman–Crippen LogP) is 2.18. The van der Waals surface area contributed by atoms with E-state index >= 15 is 0 Å². The van der Waals surface area contributed by atoms with Crippen LogP contribution in [-0.4, -0.2) is 29.4 Å². The number of hydrazine groups is 1. The van der Waals surface area contributed by atoms with E-state index in [9.17, 15) is 5.11 Å². The van der Waals surface area contributed by atoms with E-state index in [1.165, 1.54) is 0 Å². The normalized spacial score (nSPS) is 22.5. The van der Waals surface area contributed by atoms with Gasteiger partial charge < -0.3 is 16.3 Å². The summed E-state index contributed by atoms with van der Waals surface area (Å²) in [5.41, 5.74) is 12.2. The van der Waals surface area contributed by atoms with Crippen molar-refractivity contribution in [2.45, 2.75) is 33.9 Å². The number of aliphatic hydroxyl groups is 1. The number of nitrogens with two attached hydrogens (primary N) is 1. The van der Waals surface area contributed by atoms with Crippen LogP contribution in [0.15, 0.2) is 35.9 Å². The number of hydrogen-bond acceptors (Lipinski definition) is 4. The van der Waals surface area contributed by atoms with Crippen LogP contribution in [-0.2, 0) is 0 Å². The summed E-state index contributed by atoms with van der Waals surface area (Å²) in [6.45, 7) is 9.60. The maximum atomic E-state index is 10.7. The number of benzene rings is 1. The van der Waals surface area contributed by atoms with Gasteiger partial charge in [0.15, 0.2) is 0 Å². The lowest BCUT2D eigenvalue weighted by Crippen LogP contribution is -2.58. The van der Waals surface area contributed by atoms with E-state index in [4.69, 9.17) is 5.73 Å². The van der Waals surface area contributed by atoms with Crippen molar-refractivity contribution >= 4 is 5.70 Å². The molecule has 2 rings (SSSR count). The Kier molecular flexibility index (Phi) is 4.71. The van der Waals surface area contributed by atoms with Crippen molar-refractivity contribution in [3.05, 3.63) is 41.5 Å². The van der Waals surface area contributed by atoms with Gasteiger partial charge in [-0.15, -0.1) is 0 Å². The van der Waals surface area contributed by atoms with Gasteiger partial charge in [0, 0.05) is 18.5 Å². The molecule has 1 unspecified atom stereocenters. The van der Waals surface area contributed by atoms with E-state index in [0.29, 0.717) is 12.5 Å². The van der Waals surface area contributed by atoms with Crippen molar-refractivity contribution in [2.75, 3.05) is 13.1 Å². The molecular weight excluding hydrogens is 262 g/mol. The maximum absolute atomic E-state index is 10.7. The number of aliphatic hydroxyl groups excluding tert-OH is 1. The van der Waals surface area contributed by atoms with Crippen LogP contribution in [0.3, 0.4) is 0 Å². The van der Waals surface area contributed by atoms with Crippen LogP contribution in [0.25, 0.3) is 5.70 Å². The Balaban J connectivity index is 2.48. The molecule has 21 heavy (non-hydrogen) atoms. The maximum Gasteiger partial charge on any atom is 0.133 e. The molecule has 0 fully saturated rings. The highest BCUT2D eigenvalue weighted by molar-refractivity contribution is 5.69. The lowest BCUT2D eigenvalue weighted by molar-refractivity contribution is -0.0945. The van der Waals surface area contributed by atoms with Gasteiger partial charge in [0.1, 0.15) is 6.23 Å². The van der Waals surface area contributed by atoms with Gasteiger partial charge in [0.05, 0.1) is 5.70 Å². The molecule has 4 N–H and O–H groups in total. The van der Waals surface area contributed by atoms with Gasteiger partial charge in [-0.1, -0.05) is 58.0 Å². The van der Waals surface area contributed by atoms with Crippen molar-refractivity contribution < 1.29 is 5.11 Å². The molecule has 1 aromatic carbocycles. The van der Waals surface area contributed by atoms with Gasteiger partial charge in [-0.05, 0) is 17.1 Å². The summed E-state index contributed by atoms with van der Waals surface area (Å²) in [6.07, 6.45) is -0.592. The molecule has 1 aliphatic heterocycles. The monoisotopic (exact) mass is 289 g/mol. The number of rotatable bonds is 4. The smallest absolute Gasteiger partial charge is 0.133 e. The van der Waals surface area contributed by atoms with Crippen molar-refractivity contribution in [1.82, 2.24) is 10.4 Å². The topological polar surface area (TPSA) is 61.5 Å². The third-order valence-electron chi connectivity index (χ3n) is 4.10. The molecule has 1 atom stereocenters. The third kappa shape index (κ3) is 3.12. The highest BCUT2D eigenvalue weighted by Gasteiger charge is 2.41. The standard InChI is InChI=1S/C17H27N3O/c1-12(2)11-20-16(21)17(3,4)14(10-18)15(19-20)13-8-6-5-7-9-13/h5-9,12,16,19,21H,10-11,18H2,1-4H3. The van der Waals surface area contributed by atoms with E-state index < -0.39 is 6.23 Å².